The van der Waals surface area contributed by atoms with Crippen molar-refractivity contribution >= 4 is 10.2 Å². The molecule has 0 aromatic carbocycles. The molecular weight excluding hydrogens is 238 g/mol. The van der Waals surface area contributed by atoms with Crippen LogP contribution in [0.3, 0.4) is 0 Å². The van der Waals surface area contributed by atoms with Crippen molar-refractivity contribution in [2.45, 2.75) is 45.7 Å². The number of hydrogen-bond donors (Lipinski definition) is 1. The highest BCUT2D eigenvalue weighted by Crippen LogP contribution is 2.26. The standard InChI is InChI=1S/C11H25N3O2S/c1-9(2)13(4)17(15,16)14-7-5-6-10(3)11(14)8-12/h9-11H,5-8,12H2,1-4H3. The van der Waals surface area contributed by atoms with E-state index in [0.717, 1.165) is 12.8 Å². The highest BCUT2D eigenvalue weighted by Gasteiger charge is 2.38. The first-order valence-corrected chi connectivity index (χ1v) is 7.67. The fourth-order valence-electron chi connectivity index (χ4n) is 2.28. The molecule has 0 spiro atoms. The first-order valence-electron chi connectivity index (χ1n) is 6.27. The second kappa shape index (κ2) is 5.65. The van der Waals surface area contributed by atoms with Crippen molar-refractivity contribution in [2.75, 3.05) is 20.1 Å². The second-order valence-corrected chi connectivity index (χ2v) is 7.09. The van der Waals surface area contributed by atoms with Gasteiger partial charge in [0.25, 0.3) is 10.2 Å². The molecule has 0 aromatic rings. The van der Waals surface area contributed by atoms with Crippen molar-refractivity contribution in [2.24, 2.45) is 11.7 Å². The van der Waals surface area contributed by atoms with E-state index in [9.17, 15) is 8.42 Å². The molecule has 1 heterocycles. The van der Waals surface area contributed by atoms with Gasteiger partial charge < -0.3 is 5.73 Å². The van der Waals surface area contributed by atoms with E-state index in [0.29, 0.717) is 19.0 Å². The summed E-state index contributed by atoms with van der Waals surface area (Å²) in [5.74, 6) is 0.337. The van der Waals surface area contributed by atoms with Gasteiger partial charge in [-0.05, 0) is 32.6 Å². The van der Waals surface area contributed by atoms with Crippen LogP contribution < -0.4 is 5.73 Å². The molecule has 1 aliphatic heterocycles. The Morgan fingerprint density at radius 2 is 2.06 bits per heavy atom. The minimum atomic E-state index is -3.37. The van der Waals surface area contributed by atoms with Crippen LogP contribution in [0.15, 0.2) is 0 Å². The van der Waals surface area contributed by atoms with E-state index in [2.05, 4.69) is 6.92 Å². The zero-order valence-electron chi connectivity index (χ0n) is 11.3. The molecule has 0 amide bonds. The van der Waals surface area contributed by atoms with Crippen LogP contribution in [0.5, 0.6) is 0 Å². The van der Waals surface area contributed by atoms with Gasteiger partial charge in [0.2, 0.25) is 0 Å². The largest absolute Gasteiger partial charge is 0.329 e. The molecule has 1 aliphatic rings. The van der Waals surface area contributed by atoms with Gasteiger partial charge in [-0.15, -0.1) is 0 Å². The molecule has 0 aromatic heterocycles. The van der Waals surface area contributed by atoms with Gasteiger partial charge >= 0.3 is 0 Å². The van der Waals surface area contributed by atoms with Crippen LogP contribution in [0, 0.1) is 5.92 Å². The Labute approximate surface area is 105 Å². The Hall–Kier alpha value is -0.170. The average Bonchev–Trinajstić information content (AvgIpc) is 2.27. The zero-order valence-corrected chi connectivity index (χ0v) is 12.1. The lowest BCUT2D eigenvalue weighted by atomic mass is 9.93. The fraction of sp³-hybridized carbons (Fsp3) is 1.00. The summed E-state index contributed by atoms with van der Waals surface area (Å²) in [4.78, 5) is 0. The summed E-state index contributed by atoms with van der Waals surface area (Å²) in [6, 6.07) is -0.0920. The van der Waals surface area contributed by atoms with Gasteiger partial charge in [0.05, 0.1) is 0 Å². The summed E-state index contributed by atoms with van der Waals surface area (Å²) in [6.07, 6.45) is 1.97. The van der Waals surface area contributed by atoms with Crippen molar-refractivity contribution in [1.29, 1.82) is 0 Å². The fourth-order valence-corrected chi connectivity index (χ4v) is 4.14. The number of hydrogen-bond acceptors (Lipinski definition) is 3. The van der Waals surface area contributed by atoms with E-state index in [1.54, 1.807) is 11.4 Å². The lowest BCUT2D eigenvalue weighted by Gasteiger charge is -2.40. The minimum Gasteiger partial charge on any atom is -0.329 e. The molecule has 17 heavy (non-hydrogen) atoms. The Balaban J connectivity index is 2.96. The molecule has 1 saturated heterocycles. The van der Waals surface area contributed by atoms with Crippen LogP contribution in [-0.2, 0) is 10.2 Å². The second-order valence-electron chi connectivity index (χ2n) is 5.15. The molecule has 0 saturated carbocycles. The molecular formula is C11H25N3O2S. The molecule has 0 radical (unpaired) electrons. The van der Waals surface area contributed by atoms with Gasteiger partial charge in [0.1, 0.15) is 0 Å². The van der Waals surface area contributed by atoms with E-state index >= 15 is 0 Å². The summed E-state index contributed by atoms with van der Waals surface area (Å²) in [7, 11) is -1.74. The average molecular weight is 263 g/mol. The molecule has 102 valence electrons. The molecule has 2 unspecified atom stereocenters. The predicted molar refractivity (Wildman–Crippen MR) is 69.8 cm³/mol. The van der Waals surface area contributed by atoms with E-state index in [-0.39, 0.29) is 12.1 Å². The van der Waals surface area contributed by atoms with Crippen molar-refractivity contribution in [1.82, 2.24) is 8.61 Å². The SMILES string of the molecule is CC1CCCN(S(=O)(=O)N(C)C(C)C)C1CN. The first kappa shape index (κ1) is 14.9. The summed E-state index contributed by atoms with van der Waals surface area (Å²) in [5.41, 5.74) is 5.73. The minimum absolute atomic E-state index is 0.0318. The van der Waals surface area contributed by atoms with Crippen LogP contribution in [0.4, 0.5) is 0 Å². The van der Waals surface area contributed by atoms with E-state index < -0.39 is 10.2 Å². The van der Waals surface area contributed by atoms with Gasteiger partial charge in [0.15, 0.2) is 0 Å². The quantitative estimate of drug-likeness (QED) is 0.809. The normalized spacial score (nSPS) is 27.9. The van der Waals surface area contributed by atoms with Gasteiger partial charge in [-0.25, -0.2) is 0 Å². The Kier molecular flexibility index (Phi) is 4.95. The highest BCUT2D eigenvalue weighted by atomic mass is 32.2. The van der Waals surface area contributed by atoms with Crippen molar-refractivity contribution in [3.63, 3.8) is 0 Å². The van der Waals surface area contributed by atoms with E-state index in [1.807, 2.05) is 13.8 Å². The summed E-state index contributed by atoms with van der Waals surface area (Å²) in [6.45, 7) is 6.82. The third-order valence-electron chi connectivity index (χ3n) is 3.69. The van der Waals surface area contributed by atoms with Crippen LogP contribution in [0.1, 0.15) is 33.6 Å². The van der Waals surface area contributed by atoms with Crippen molar-refractivity contribution in [3.05, 3.63) is 0 Å². The maximum atomic E-state index is 12.4. The summed E-state index contributed by atoms with van der Waals surface area (Å²) >= 11 is 0. The highest BCUT2D eigenvalue weighted by molar-refractivity contribution is 7.86. The van der Waals surface area contributed by atoms with E-state index in [4.69, 9.17) is 5.73 Å². The number of nitrogens with two attached hydrogens (primary N) is 1. The third-order valence-corrected chi connectivity index (χ3v) is 5.89. The van der Waals surface area contributed by atoms with Crippen LogP contribution in [-0.4, -0.2) is 49.2 Å². The molecule has 6 heteroatoms. The van der Waals surface area contributed by atoms with Crippen LogP contribution in [0.2, 0.25) is 0 Å². The van der Waals surface area contributed by atoms with Crippen LogP contribution >= 0.6 is 0 Å². The first-order chi connectivity index (χ1) is 7.82. The monoisotopic (exact) mass is 263 g/mol. The molecule has 0 aliphatic carbocycles. The Bertz CT molecular complexity index is 343. The smallest absolute Gasteiger partial charge is 0.282 e. The maximum Gasteiger partial charge on any atom is 0.282 e. The van der Waals surface area contributed by atoms with Gasteiger partial charge in [-0.3, -0.25) is 0 Å². The molecule has 1 rings (SSSR count). The van der Waals surface area contributed by atoms with E-state index in [1.165, 1.54) is 4.31 Å². The topological polar surface area (TPSA) is 66.6 Å². The molecule has 2 atom stereocenters. The summed E-state index contributed by atoms with van der Waals surface area (Å²) in [5, 5.41) is 0. The molecule has 1 fully saturated rings. The molecule has 0 bridgehead atoms. The lowest BCUT2D eigenvalue weighted by molar-refractivity contribution is 0.179. The Morgan fingerprint density at radius 3 is 2.53 bits per heavy atom. The number of piperidine rings is 1. The number of nitrogens with zero attached hydrogens (tertiary/aromatic N) is 2. The lowest BCUT2D eigenvalue weighted by Crippen LogP contribution is -2.55. The molecule has 2 N–H and O–H groups in total. The summed E-state index contributed by atoms with van der Waals surface area (Å²) < 4.78 is 27.9. The third kappa shape index (κ3) is 2.99. The van der Waals surface area contributed by atoms with Crippen molar-refractivity contribution < 1.29 is 8.42 Å². The zero-order chi connectivity index (χ0) is 13.2. The number of rotatable bonds is 4. The maximum absolute atomic E-state index is 12.4. The molecule has 5 nitrogen and oxygen atoms in total. The Morgan fingerprint density at radius 1 is 1.47 bits per heavy atom. The van der Waals surface area contributed by atoms with Crippen LogP contribution in [0.25, 0.3) is 0 Å². The van der Waals surface area contributed by atoms with Crippen molar-refractivity contribution in [3.8, 4) is 0 Å². The van der Waals surface area contributed by atoms with Gasteiger partial charge in [-0.1, -0.05) is 6.92 Å². The van der Waals surface area contributed by atoms with Gasteiger partial charge in [-0.2, -0.15) is 17.0 Å². The van der Waals surface area contributed by atoms with Gasteiger partial charge in [0, 0.05) is 32.2 Å². The predicted octanol–water partition coefficient (Wildman–Crippen LogP) is 0.631.